The number of nitrogen functional groups attached to an aromatic ring is 1. The number of rotatable bonds is 3. The Morgan fingerprint density at radius 2 is 2.00 bits per heavy atom. The van der Waals surface area contributed by atoms with Crippen molar-refractivity contribution in [2.24, 2.45) is 0 Å². The highest BCUT2D eigenvalue weighted by atomic mass is 32.2. The molecule has 0 unspecified atom stereocenters. The largest absolute Gasteiger partial charge is 0.397 e. The van der Waals surface area contributed by atoms with E-state index in [0.717, 1.165) is 30.8 Å². The van der Waals surface area contributed by atoms with E-state index >= 15 is 0 Å². The summed E-state index contributed by atoms with van der Waals surface area (Å²) in [6.45, 7) is 6.64. The van der Waals surface area contributed by atoms with Gasteiger partial charge in [-0.15, -0.1) is 0 Å². The van der Waals surface area contributed by atoms with E-state index in [-0.39, 0.29) is 5.75 Å². The smallest absolute Gasteiger partial charge is 0.156 e. The van der Waals surface area contributed by atoms with Crippen molar-refractivity contribution < 1.29 is 8.42 Å². The van der Waals surface area contributed by atoms with Gasteiger partial charge in [-0.3, -0.25) is 0 Å². The molecule has 0 aromatic heterocycles. The zero-order valence-electron chi connectivity index (χ0n) is 12.5. The Morgan fingerprint density at radius 3 is 2.65 bits per heavy atom. The summed E-state index contributed by atoms with van der Waals surface area (Å²) in [5.41, 5.74) is 9.07. The maximum absolute atomic E-state index is 12.2. The Kier molecular flexibility index (Phi) is 4.00. The van der Waals surface area contributed by atoms with Crippen molar-refractivity contribution in [3.63, 3.8) is 0 Å². The standard InChI is InChI=1S/C15H24N2O2S/c1-15(2,3)20(18,19)11-10-17-9-5-7-12-6-4-8-13(16)14(12)17/h4,6,8H,5,7,9-11,16H2,1-3H3. The number of aryl methyl sites for hydroxylation is 1. The molecule has 1 aromatic carbocycles. The monoisotopic (exact) mass is 296 g/mol. The van der Waals surface area contributed by atoms with Gasteiger partial charge in [-0.2, -0.15) is 0 Å². The lowest BCUT2D eigenvalue weighted by Crippen LogP contribution is -2.39. The quantitative estimate of drug-likeness (QED) is 0.869. The van der Waals surface area contributed by atoms with E-state index in [1.54, 1.807) is 20.8 Å². The van der Waals surface area contributed by atoms with Crippen molar-refractivity contribution in [2.75, 3.05) is 29.5 Å². The lowest BCUT2D eigenvalue weighted by Gasteiger charge is -2.33. The zero-order chi connectivity index (χ0) is 15.0. The van der Waals surface area contributed by atoms with E-state index in [2.05, 4.69) is 11.0 Å². The van der Waals surface area contributed by atoms with Gasteiger partial charge in [0.15, 0.2) is 9.84 Å². The maximum Gasteiger partial charge on any atom is 0.156 e. The molecule has 0 radical (unpaired) electrons. The number of hydrogen-bond donors (Lipinski definition) is 1. The van der Waals surface area contributed by atoms with Crippen LogP contribution in [0.4, 0.5) is 11.4 Å². The summed E-state index contributed by atoms with van der Waals surface area (Å²) in [4.78, 5) is 2.12. The van der Waals surface area contributed by atoms with Gasteiger partial charge in [0.25, 0.3) is 0 Å². The molecule has 0 spiro atoms. The predicted octanol–water partition coefficient (Wildman–Crippen LogP) is 2.23. The normalized spacial score (nSPS) is 16.1. The minimum absolute atomic E-state index is 0.171. The van der Waals surface area contributed by atoms with Crippen molar-refractivity contribution in [3.05, 3.63) is 23.8 Å². The second kappa shape index (κ2) is 5.28. The molecule has 5 heteroatoms. The molecule has 0 amide bonds. The fourth-order valence-corrected chi connectivity index (χ4v) is 3.60. The molecule has 112 valence electrons. The zero-order valence-corrected chi connectivity index (χ0v) is 13.3. The fraction of sp³-hybridized carbons (Fsp3) is 0.600. The van der Waals surface area contributed by atoms with Crippen LogP contribution in [0.5, 0.6) is 0 Å². The van der Waals surface area contributed by atoms with Gasteiger partial charge < -0.3 is 10.6 Å². The third-order valence-electron chi connectivity index (χ3n) is 3.90. The van der Waals surface area contributed by atoms with Crippen molar-refractivity contribution >= 4 is 21.2 Å². The molecular formula is C15H24N2O2S. The second-order valence-corrected chi connectivity index (χ2v) is 9.24. The highest BCUT2D eigenvalue weighted by Gasteiger charge is 2.30. The van der Waals surface area contributed by atoms with Gasteiger partial charge in [-0.05, 0) is 45.2 Å². The van der Waals surface area contributed by atoms with Crippen LogP contribution in [0.3, 0.4) is 0 Å². The maximum atomic E-state index is 12.2. The summed E-state index contributed by atoms with van der Waals surface area (Å²) in [7, 11) is -3.09. The van der Waals surface area contributed by atoms with Gasteiger partial charge >= 0.3 is 0 Å². The first-order chi connectivity index (χ1) is 9.22. The van der Waals surface area contributed by atoms with Crippen LogP contribution >= 0.6 is 0 Å². The number of benzene rings is 1. The molecular weight excluding hydrogens is 272 g/mol. The number of fused-ring (bicyclic) bond motifs is 1. The van der Waals surface area contributed by atoms with E-state index in [4.69, 9.17) is 5.73 Å². The second-order valence-electron chi connectivity index (χ2n) is 6.38. The van der Waals surface area contributed by atoms with Crippen LogP contribution in [0.25, 0.3) is 0 Å². The molecule has 0 saturated heterocycles. The Bertz CT molecular complexity index is 588. The molecule has 0 atom stereocenters. The van der Waals surface area contributed by atoms with Gasteiger partial charge in [0.1, 0.15) is 0 Å². The summed E-state index contributed by atoms with van der Waals surface area (Å²) in [6.07, 6.45) is 2.06. The first-order valence-electron chi connectivity index (χ1n) is 7.07. The highest BCUT2D eigenvalue weighted by Crippen LogP contribution is 2.32. The number of nitrogens with two attached hydrogens (primary N) is 1. The van der Waals surface area contributed by atoms with Gasteiger partial charge in [-0.25, -0.2) is 8.42 Å². The molecule has 0 saturated carbocycles. The van der Waals surface area contributed by atoms with Gasteiger partial charge in [0.2, 0.25) is 0 Å². The number of sulfone groups is 1. The molecule has 0 aliphatic carbocycles. The van der Waals surface area contributed by atoms with Crippen molar-refractivity contribution in [1.82, 2.24) is 0 Å². The van der Waals surface area contributed by atoms with Crippen LogP contribution < -0.4 is 10.6 Å². The predicted molar refractivity (Wildman–Crippen MR) is 84.9 cm³/mol. The van der Waals surface area contributed by atoms with E-state index in [0.29, 0.717) is 6.54 Å². The van der Waals surface area contributed by atoms with Crippen LogP contribution in [-0.2, 0) is 16.3 Å². The molecule has 1 heterocycles. The van der Waals surface area contributed by atoms with Gasteiger partial charge in [0, 0.05) is 13.1 Å². The SMILES string of the molecule is CC(C)(C)S(=O)(=O)CCN1CCCc2cccc(N)c21. The Hall–Kier alpha value is -1.23. The van der Waals surface area contributed by atoms with E-state index in [9.17, 15) is 8.42 Å². The average Bonchev–Trinajstić information content (AvgIpc) is 2.35. The first-order valence-corrected chi connectivity index (χ1v) is 8.72. The Labute approximate surface area is 121 Å². The van der Waals surface area contributed by atoms with E-state index in [1.165, 1.54) is 5.56 Å². The van der Waals surface area contributed by atoms with Crippen molar-refractivity contribution in [1.29, 1.82) is 0 Å². The van der Waals surface area contributed by atoms with Crippen LogP contribution in [0.1, 0.15) is 32.8 Å². The molecule has 2 rings (SSSR count). The molecule has 1 aliphatic rings. The minimum Gasteiger partial charge on any atom is -0.397 e. The lowest BCUT2D eigenvalue weighted by molar-refractivity contribution is 0.558. The molecule has 4 nitrogen and oxygen atoms in total. The van der Waals surface area contributed by atoms with E-state index < -0.39 is 14.6 Å². The summed E-state index contributed by atoms with van der Waals surface area (Å²) in [5.74, 6) is 0.171. The van der Waals surface area contributed by atoms with Crippen LogP contribution in [0, 0.1) is 0 Å². The summed E-state index contributed by atoms with van der Waals surface area (Å²) in [5, 5.41) is 0. The number of anilines is 2. The Balaban J connectivity index is 2.18. The van der Waals surface area contributed by atoms with Crippen molar-refractivity contribution in [3.8, 4) is 0 Å². The van der Waals surface area contributed by atoms with Crippen LogP contribution in [0.2, 0.25) is 0 Å². The van der Waals surface area contributed by atoms with E-state index in [1.807, 2.05) is 12.1 Å². The summed E-state index contributed by atoms with van der Waals surface area (Å²) >= 11 is 0. The molecule has 0 fully saturated rings. The number of para-hydroxylation sites is 1. The average molecular weight is 296 g/mol. The lowest BCUT2D eigenvalue weighted by atomic mass is 10.0. The molecule has 1 aromatic rings. The number of hydrogen-bond acceptors (Lipinski definition) is 4. The molecule has 20 heavy (non-hydrogen) atoms. The minimum atomic E-state index is -3.09. The summed E-state index contributed by atoms with van der Waals surface area (Å²) < 4.78 is 23.8. The third-order valence-corrected chi connectivity index (χ3v) is 6.49. The molecule has 1 aliphatic heterocycles. The highest BCUT2D eigenvalue weighted by molar-refractivity contribution is 7.92. The number of nitrogens with zero attached hydrogens (tertiary/aromatic N) is 1. The fourth-order valence-electron chi connectivity index (χ4n) is 2.53. The topological polar surface area (TPSA) is 63.4 Å². The van der Waals surface area contributed by atoms with Gasteiger partial charge in [0.05, 0.1) is 21.9 Å². The first kappa shape index (κ1) is 15.2. The van der Waals surface area contributed by atoms with Gasteiger partial charge in [-0.1, -0.05) is 12.1 Å². The molecule has 2 N–H and O–H groups in total. The Morgan fingerprint density at radius 1 is 1.30 bits per heavy atom. The third kappa shape index (κ3) is 2.92. The summed E-state index contributed by atoms with van der Waals surface area (Å²) in [6, 6.07) is 5.93. The van der Waals surface area contributed by atoms with Crippen LogP contribution in [-0.4, -0.2) is 32.0 Å². The van der Waals surface area contributed by atoms with Crippen molar-refractivity contribution in [2.45, 2.75) is 38.4 Å². The van der Waals surface area contributed by atoms with Crippen LogP contribution in [0.15, 0.2) is 18.2 Å². The molecule has 0 bridgehead atoms.